The van der Waals surface area contributed by atoms with Crippen molar-refractivity contribution in [3.8, 4) is 11.5 Å². The Labute approximate surface area is 175 Å². The lowest BCUT2D eigenvalue weighted by molar-refractivity contribution is 0.0977. The highest BCUT2D eigenvalue weighted by Gasteiger charge is 2.13. The average molecular weight is 426 g/mol. The minimum absolute atomic E-state index is 0.127. The SMILES string of the molecule is O=C(NC(=S)Nc1ccc2oc(-c3ccccc3F)nc2c1)c1ccc(Cl)cc1. The summed E-state index contributed by atoms with van der Waals surface area (Å²) < 4.78 is 19.6. The van der Waals surface area contributed by atoms with E-state index in [1.165, 1.54) is 6.07 Å². The molecule has 0 aliphatic rings. The number of hydrogen-bond acceptors (Lipinski definition) is 4. The van der Waals surface area contributed by atoms with Crippen molar-refractivity contribution >= 4 is 51.6 Å². The summed E-state index contributed by atoms with van der Waals surface area (Å²) in [6, 6.07) is 17.8. The Morgan fingerprint density at radius 2 is 1.83 bits per heavy atom. The van der Waals surface area contributed by atoms with E-state index in [4.69, 9.17) is 28.2 Å². The molecule has 8 heteroatoms. The van der Waals surface area contributed by atoms with E-state index < -0.39 is 5.82 Å². The molecule has 0 fully saturated rings. The van der Waals surface area contributed by atoms with Crippen LogP contribution in [0.5, 0.6) is 0 Å². The molecule has 4 aromatic rings. The number of carbonyl (C=O) groups is 1. The molecule has 0 atom stereocenters. The second-order valence-electron chi connectivity index (χ2n) is 6.10. The maximum Gasteiger partial charge on any atom is 0.257 e. The minimum Gasteiger partial charge on any atom is -0.436 e. The van der Waals surface area contributed by atoms with Crippen molar-refractivity contribution in [1.29, 1.82) is 0 Å². The lowest BCUT2D eigenvalue weighted by Crippen LogP contribution is -2.34. The Morgan fingerprint density at radius 3 is 2.59 bits per heavy atom. The highest BCUT2D eigenvalue weighted by Crippen LogP contribution is 2.27. The van der Waals surface area contributed by atoms with Crippen molar-refractivity contribution in [2.24, 2.45) is 0 Å². The van der Waals surface area contributed by atoms with Crippen LogP contribution in [0, 0.1) is 5.82 Å². The van der Waals surface area contributed by atoms with Crippen LogP contribution in [0.4, 0.5) is 10.1 Å². The summed E-state index contributed by atoms with van der Waals surface area (Å²) in [7, 11) is 0. The molecular weight excluding hydrogens is 413 g/mol. The largest absolute Gasteiger partial charge is 0.436 e. The van der Waals surface area contributed by atoms with Gasteiger partial charge in [0.15, 0.2) is 10.7 Å². The lowest BCUT2D eigenvalue weighted by Gasteiger charge is -2.09. The standard InChI is InChI=1S/C21H13ClFN3O2S/c22-13-7-5-12(6-8-13)19(27)26-21(29)24-14-9-10-18-17(11-14)25-20(28-18)15-3-1-2-4-16(15)23/h1-11H,(H2,24,26,27,29). The zero-order chi connectivity index (χ0) is 20.4. The third-order valence-corrected chi connectivity index (χ3v) is 4.54. The average Bonchev–Trinajstić information content (AvgIpc) is 3.11. The third kappa shape index (κ3) is 4.26. The second-order valence-corrected chi connectivity index (χ2v) is 6.94. The van der Waals surface area contributed by atoms with Crippen molar-refractivity contribution < 1.29 is 13.6 Å². The summed E-state index contributed by atoms with van der Waals surface area (Å²) in [5.74, 6) is -0.583. The van der Waals surface area contributed by atoms with Crippen LogP contribution in [-0.4, -0.2) is 16.0 Å². The molecule has 4 rings (SSSR count). The molecule has 0 aliphatic carbocycles. The molecule has 2 N–H and O–H groups in total. The molecule has 29 heavy (non-hydrogen) atoms. The molecular formula is C21H13ClFN3O2S. The number of oxazole rings is 1. The number of carbonyl (C=O) groups excluding carboxylic acids is 1. The van der Waals surface area contributed by atoms with Crippen molar-refractivity contribution in [3.63, 3.8) is 0 Å². The van der Waals surface area contributed by atoms with Gasteiger partial charge in [-0.15, -0.1) is 0 Å². The molecule has 5 nitrogen and oxygen atoms in total. The van der Waals surface area contributed by atoms with E-state index in [-0.39, 0.29) is 22.5 Å². The van der Waals surface area contributed by atoms with Gasteiger partial charge in [0.1, 0.15) is 11.3 Å². The minimum atomic E-state index is -0.413. The van der Waals surface area contributed by atoms with E-state index in [1.807, 2.05) is 0 Å². The fraction of sp³-hybridized carbons (Fsp3) is 0. The van der Waals surface area contributed by atoms with E-state index >= 15 is 0 Å². The Kier molecular flexibility index (Phi) is 5.24. The first-order valence-corrected chi connectivity index (χ1v) is 9.31. The predicted molar refractivity (Wildman–Crippen MR) is 115 cm³/mol. The lowest BCUT2D eigenvalue weighted by atomic mass is 10.2. The van der Waals surface area contributed by atoms with Gasteiger partial charge in [0.25, 0.3) is 5.91 Å². The normalized spacial score (nSPS) is 10.7. The van der Waals surface area contributed by atoms with Crippen LogP contribution >= 0.6 is 23.8 Å². The van der Waals surface area contributed by atoms with Crippen LogP contribution in [0.25, 0.3) is 22.6 Å². The van der Waals surface area contributed by atoms with Crippen LogP contribution < -0.4 is 10.6 Å². The van der Waals surface area contributed by atoms with Crippen molar-refractivity contribution in [3.05, 3.63) is 83.1 Å². The zero-order valence-electron chi connectivity index (χ0n) is 14.8. The molecule has 0 radical (unpaired) electrons. The van der Waals surface area contributed by atoms with Gasteiger partial charge in [-0.05, 0) is 66.8 Å². The van der Waals surface area contributed by atoms with Crippen LogP contribution in [0.1, 0.15) is 10.4 Å². The van der Waals surface area contributed by atoms with Gasteiger partial charge in [0.2, 0.25) is 5.89 Å². The second kappa shape index (κ2) is 7.98. The van der Waals surface area contributed by atoms with Gasteiger partial charge >= 0.3 is 0 Å². The van der Waals surface area contributed by atoms with E-state index in [1.54, 1.807) is 60.7 Å². The van der Waals surface area contributed by atoms with Gasteiger partial charge in [-0.25, -0.2) is 9.37 Å². The molecule has 0 saturated heterocycles. The Balaban J connectivity index is 1.49. The van der Waals surface area contributed by atoms with Crippen molar-refractivity contribution in [2.45, 2.75) is 0 Å². The molecule has 144 valence electrons. The van der Waals surface area contributed by atoms with Gasteiger partial charge in [-0.3, -0.25) is 10.1 Å². The molecule has 1 aromatic heterocycles. The summed E-state index contributed by atoms with van der Waals surface area (Å²) in [5.41, 5.74) is 2.35. The predicted octanol–water partition coefficient (Wildman–Crippen LogP) is 5.41. The van der Waals surface area contributed by atoms with E-state index in [9.17, 15) is 9.18 Å². The summed E-state index contributed by atoms with van der Waals surface area (Å²) in [4.78, 5) is 16.6. The van der Waals surface area contributed by atoms with Gasteiger partial charge in [0, 0.05) is 16.3 Å². The smallest absolute Gasteiger partial charge is 0.257 e. The number of aromatic nitrogens is 1. The fourth-order valence-corrected chi connectivity index (χ4v) is 3.03. The Bertz CT molecular complexity index is 1220. The van der Waals surface area contributed by atoms with Crippen molar-refractivity contribution in [2.75, 3.05) is 5.32 Å². The first-order valence-electron chi connectivity index (χ1n) is 8.53. The third-order valence-electron chi connectivity index (χ3n) is 4.08. The number of nitrogens with one attached hydrogen (secondary N) is 2. The van der Waals surface area contributed by atoms with Crippen LogP contribution in [-0.2, 0) is 0 Å². The zero-order valence-corrected chi connectivity index (χ0v) is 16.4. The van der Waals surface area contributed by atoms with Crippen LogP contribution in [0.3, 0.4) is 0 Å². The highest BCUT2D eigenvalue weighted by atomic mass is 35.5. The number of nitrogens with zero attached hydrogens (tertiary/aromatic N) is 1. The number of anilines is 1. The number of amides is 1. The number of thiocarbonyl (C=S) groups is 1. The van der Waals surface area contributed by atoms with E-state index in [0.29, 0.717) is 27.4 Å². The number of halogens is 2. The summed E-state index contributed by atoms with van der Waals surface area (Å²) >= 11 is 11.0. The molecule has 3 aromatic carbocycles. The van der Waals surface area contributed by atoms with Gasteiger partial charge in [-0.2, -0.15) is 0 Å². The summed E-state index contributed by atoms with van der Waals surface area (Å²) in [6.07, 6.45) is 0. The molecule has 1 heterocycles. The van der Waals surface area contributed by atoms with E-state index in [2.05, 4.69) is 15.6 Å². The molecule has 0 unspecified atom stereocenters. The summed E-state index contributed by atoms with van der Waals surface area (Å²) in [5, 5.41) is 6.19. The Hall–Kier alpha value is -3.29. The van der Waals surface area contributed by atoms with E-state index in [0.717, 1.165) is 0 Å². The number of rotatable bonds is 3. The van der Waals surface area contributed by atoms with Crippen LogP contribution in [0.2, 0.25) is 5.02 Å². The van der Waals surface area contributed by atoms with Gasteiger partial charge < -0.3 is 9.73 Å². The molecule has 0 aliphatic heterocycles. The monoisotopic (exact) mass is 425 g/mol. The van der Waals surface area contributed by atoms with Crippen molar-refractivity contribution in [1.82, 2.24) is 10.3 Å². The maximum absolute atomic E-state index is 14.0. The first-order chi connectivity index (χ1) is 14.0. The maximum atomic E-state index is 14.0. The summed E-state index contributed by atoms with van der Waals surface area (Å²) in [6.45, 7) is 0. The van der Waals surface area contributed by atoms with Gasteiger partial charge in [0.05, 0.1) is 5.56 Å². The Morgan fingerprint density at radius 1 is 1.07 bits per heavy atom. The molecule has 0 bridgehead atoms. The molecule has 0 saturated carbocycles. The topological polar surface area (TPSA) is 67.2 Å². The number of hydrogen-bond donors (Lipinski definition) is 2. The number of fused-ring (bicyclic) bond motifs is 1. The molecule has 0 spiro atoms. The van der Waals surface area contributed by atoms with Gasteiger partial charge in [-0.1, -0.05) is 23.7 Å². The highest BCUT2D eigenvalue weighted by molar-refractivity contribution is 7.80. The quantitative estimate of drug-likeness (QED) is 0.429. The first kappa shape index (κ1) is 19.0. The fourth-order valence-electron chi connectivity index (χ4n) is 2.69. The molecule has 1 amide bonds. The van der Waals surface area contributed by atoms with Crippen LogP contribution in [0.15, 0.2) is 71.1 Å². The number of benzene rings is 3.